The van der Waals surface area contributed by atoms with Crippen molar-refractivity contribution in [3.05, 3.63) is 82.3 Å². The number of rotatable bonds is 9. The molecule has 1 amide bonds. The lowest BCUT2D eigenvalue weighted by Crippen LogP contribution is -2.53. The number of carbonyl (C=O) groups is 1. The van der Waals surface area contributed by atoms with Crippen molar-refractivity contribution in [2.75, 3.05) is 62.7 Å². The topological polar surface area (TPSA) is 90.8 Å². The Balaban J connectivity index is 1.02. The molecular formula is C38H41ClF2N8O2. The van der Waals surface area contributed by atoms with Gasteiger partial charge in [0, 0.05) is 81.0 Å². The van der Waals surface area contributed by atoms with Crippen LogP contribution in [0.25, 0.3) is 16.8 Å². The lowest BCUT2D eigenvalue weighted by molar-refractivity contribution is -0.131. The molecule has 13 heteroatoms. The summed E-state index contributed by atoms with van der Waals surface area (Å²) in [6, 6.07) is 11.1. The van der Waals surface area contributed by atoms with E-state index in [2.05, 4.69) is 24.7 Å². The number of amides is 1. The minimum atomic E-state index is -0.855. The lowest BCUT2D eigenvalue weighted by Gasteiger charge is -2.41. The summed E-state index contributed by atoms with van der Waals surface area (Å²) < 4.78 is 35.6. The van der Waals surface area contributed by atoms with Crippen molar-refractivity contribution in [3.63, 3.8) is 0 Å². The molecule has 2 aromatic heterocycles. The standard InChI is InChI=1S/C38H41ClF2N8O2/c1-24-42-14-11-28(43-24)8-10-33(50)48-19-25(20-48)18-46(2)36-29-12-16-47(32-6-3-5-26-7-9-30(41)35(39)34(26)32)22-31(29)44-37(45-36)51-23-38-13-4-15-49(38)21-27(40)17-38/h3,5-11,14,25,27H,4,12-13,15-23H2,1-2H3/b10-8+/t27-,38+/m1/s1. The van der Waals surface area contributed by atoms with Crippen LogP contribution in [0.2, 0.25) is 5.02 Å². The van der Waals surface area contributed by atoms with E-state index < -0.39 is 12.0 Å². The van der Waals surface area contributed by atoms with Crippen LogP contribution in [-0.4, -0.2) is 100 Å². The molecule has 0 N–H and O–H groups in total. The molecular weight excluding hydrogens is 674 g/mol. The van der Waals surface area contributed by atoms with Crippen LogP contribution in [0.5, 0.6) is 6.01 Å². The Kier molecular flexibility index (Phi) is 9.00. The molecule has 4 aromatic rings. The molecule has 4 aliphatic rings. The van der Waals surface area contributed by atoms with Crippen molar-refractivity contribution in [2.45, 2.75) is 50.9 Å². The zero-order valence-corrected chi connectivity index (χ0v) is 29.6. The number of likely N-dealkylation sites (tertiary alicyclic amines) is 1. The molecule has 0 bridgehead atoms. The predicted octanol–water partition coefficient (Wildman–Crippen LogP) is 5.65. The van der Waals surface area contributed by atoms with Gasteiger partial charge in [-0.2, -0.15) is 9.97 Å². The van der Waals surface area contributed by atoms with Gasteiger partial charge in [0.15, 0.2) is 0 Å². The van der Waals surface area contributed by atoms with Crippen molar-refractivity contribution >= 4 is 45.9 Å². The van der Waals surface area contributed by atoms with E-state index >= 15 is 0 Å². The van der Waals surface area contributed by atoms with Gasteiger partial charge in [0.2, 0.25) is 5.91 Å². The third-order valence-corrected chi connectivity index (χ3v) is 11.2. The van der Waals surface area contributed by atoms with E-state index in [4.69, 9.17) is 26.3 Å². The second-order valence-corrected chi connectivity index (χ2v) is 14.8. The van der Waals surface area contributed by atoms with Crippen LogP contribution in [-0.2, 0) is 17.8 Å². The Bertz CT molecular complexity index is 2010. The fourth-order valence-corrected chi connectivity index (χ4v) is 8.61. The molecule has 0 aliphatic carbocycles. The van der Waals surface area contributed by atoms with Gasteiger partial charge in [-0.3, -0.25) is 9.69 Å². The van der Waals surface area contributed by atoms with Gasteiger partial charge >= 0.3 is 6.01 Å². The second kappa shape index (κ2) is 13.6. The van der Waals surface area contributed by atoms with Crippen LogP contribution in [0.15, 0.2) is 48.7 Å². The van der Waals surface area contributed by atoms with E-state index in [1.807, 2.05) is 37.1 Å². The van der Waals surface area contributed by atoms with E-state index in [1.165, 1.54) is 6.07 Å². The summed E-state index contributed by atoms with van der Waals surface area (Å²) in [7, 11) is 2.02. The normalized spacial score (nSPS) is 22.0. The number of ether oxygens (including phenoxy) is 1. The van der Waals surface area contributed by atoms with Crippen LogP contribution in [0, 0.1) is 18.7 Å². The highest BCUT2D eigenvalue weighted by Gasteiger charge is 2.49. The first-order chi connectivity index (χ1) is 24.7. The quantitative estimate of drug-likeness (QED) is 0.204. The van der Waals surface area contributed by atoms with Gasteiger partial charge in [-0.15, -0.1) is 0 Å². The fourth-order valence-electron chi connectivity index (χ4n) is 8.35. The Labute approximate surface area is 301 Å². The summed E-state index contributed by atoms with van der Waals surface area (Å²) in [6.07, 6.45) is 7.16. The Morgan fingerprint density at radius 2 is 2.00 bits per heavy atom. The number of carbonyl (C=O) groups excluding carboxylic acids is 1. The Hall–Kier alpha value is -4.42. The first-order valence-electron chi connectivity index (χ1n) is 17.7. The number of benzene rings is 2. The number of aryl methyl sites for hydroxylation is 1. The molecule has 2 aromatic carbocycles. The third kappa shape index (κ3) is 6.59. The maximum absolute atomic E-state index is 14.6. The van der Waals surface area contributed by atoms with Gasteiger partial charge < -0.3 is 19.4 Å². The lowest BCUT2D eigenvalue weighted by atomic mass is 9.95. The highest BCUT2D eigenvalue weighted by atomic mass is 35.5. The predicted molar refractivity (Wildman–Crippen MR) is 193 cm³/mol. The van der Waals surface area contributed by atoms with Crippen LogP contribution in [0.3, 0.4) is 0 Å². The molecule has 266 valence electrons. The summed E-state index contributed by atoms with van der Waals surface area (Å²) in [5, 5.41) is 1.66. The van der Waals surface area contributed by atoms with E-state index in [1.54, 1.807) is 30.5 Å². The average Bonchev–Trinajstić information content (AvgIpc) is 3.64. The summed E-state index contributed by atoms with van der Waals surface area (Å²) in [5.74, 6) is 1.23. The van der Waals surface area contributed by atoms with Crippen molar-refractivity contribution < 1.29 is 18.3 Å². The average molecular weight is 715 g/mol. The van der Waals surface area contributed by atoms with Crippen molar-refractivity contribution in [1.29, 1.82) is 0 Å². The maximum atomic E-state index is 14.6. The molecule has 3 fully saturated rings. The number of nitrogens with zero attached hydrogens (tertiary/aromatic N) is 8. The number of hydrogen-bond donors (Lipinski definition) is 0. The van der Waals surface area contributed by atoms with Crippen LogP contribution in [0.4, 0.5) is 20.3 Å². The van der Waals surface area contributed by atoms with Gasteiger partial charge in [0.1, 0.15) is 30.2 Å². The van der Waals surface area contributed by atoms with E-state index in [0.717, 1.165) is 47.5 Å². The van der Waals surface area contributed by atoms with Gasteiger partial charge in [0.25, 0.3) is 0 Å². The molecule has 6 heterocycles. The van der Waals surface area contributed by atoms with E-state index in [0.29, 0.717) is 75.6 Å². The summed E-state index contributed by atoms with van der Waals surface area (Å²) in [6.45, 7) is 6.59. The van der Waals surface area contributed by atoms with Crippen LogP contribution in [0.1, 0.15) is 42.0 Å². The second-order valence-electron chi connectivity index (χ2n) is 14.4. The summed E-state index contributed by atoms with van der Waals surface area (Å²) in [5.41, 5.74) is 3.10. The molecule has 8 rings (SSSR count). The Morgan fingerprint density at radius 3 is 2.84 bits per heavy atom. The van der Waals surface area contributed by atoms with Gasteiger partial charge in [0.05, 0.1) is 28.5 Å². The minimum Gasteiger partial charge on any atom is -0.461 e. The molecule has 0 spiro atoms. The molecule has 0 saturated carbocycles. The fraction of sp³-hybridized carbons (Fsp3) is 0.447. The van der Waals surface area contributed by atoms with Crippen molar-refractivity contribution in [3.8, 4) is 6.01 Å². The number of fused-ring (bicyclic) bond motifs is 3. The van der Waals surface area contributed by atoms with Gasteiger partial charge in [-0.05, 0) is 62.4 Å². The smallest absolute Gasteiger partial charge is 0.318 e. The van der Waals surface area contributed by atoms with Crippen LogP contribution < -0.4 is 14.5 Å². The Morgan fingerprint density at radius 1 is 1.14 bits per heavy atom. The van der Waals surface area contributed by atoms with E-state index in [9.17, 15) is 13.6 Å². The number of alkyl halides is 1. The monoisotopic (exact) mass is 714 g/mol. The molecule has 4 aliphatic heterocycles. The summed E-state index contributed by atoms with van der Waals surface area (Å²) in [4.78, 5) is 39.6. The molecule has 0 radical (unpaired) electrons. The zero-order valence-electron chi connectivity index (χ0n) is 28.9. The first kappa shape index (κ1) is 33.7. The van der Waals surface area contributed by atoms with Crippen LogP contribution >= 0.6 is 11.6 Å². The number of halogens is 3. The van der Waals surface area contributed by atoms with Crippen molar-refractivity contribution in [1.82, 2.24) is 29.7 Å². The first-order valence-corrected chi connectivity index (χ1v) is 18.0. The molecule has 51 heavy (non-hydrogen) atoms. The number of anilines is 2. The molecule has 0 unspecified atom stereocenters. The van der Waals surface area contributed by atoms with E-state index in [-0.39, 0.29) is 28.4 Å². The molecule has 2 atom stereocenters. The third-order valence-electron chi connectivity index (χ3n) is 10.9. The zero-order chi connectivity index (χ0) is 35.3. The van der Waals surface area contributed by atoms with Crippen molar-refractivity contribution in [2.24, 2.45) is 5.92 Å². The van der Waals surface area contributed by atoms with Gasteiger partial charge in [-0.1, -0.05) is 29.8 Å². The number of aromatic nitrogens is 4. The summed E-state index contributed by atoms with van der Waals surface area (Å²) >= 11 is 6.53. The molecule has 3 saturated heterocycles. The SMILES string of the molecule is Cc1nccc(/C=C/C(=O)N2CC(CN(C)c3nc(OC[C@@]45CCCN4C[C@H](F)C5)nc4c3CCN(c3cccc5ccc(F)c(Cl)c35)C4)C2)n1. The molecule has 10 nitrogen and oxygen atoms in total. The maximum Gasteiger partial charge on any atom is 0.318 e. The minimum absolute atomic E-state index is 0.0449. The largest absolute Gasteiger partial charge is 0.461 e. The number of hydrogen-bond acceptors (Lipinski definition) is 9. The highest BCUT2D eigenvalue weighted by molar-refractivity contribution is 6.36. The van der Waals surface area contributed by atoms with Gasteiger partial charge in [-0.25, -0.2) is 18.7 Å². The highest BCUT2D eigenvalue weighted by Crippen LogP contribution is 2.41.